The second kappa shape index (κ2) is 6.30. The fourth-order valence-electron chi connectivity index (χ4n) is 4.69. The molecule has 4 rings (SSSR count). The minimum atomic E-state index is 0. The van der Waals surface area contributed by atoms with Crippen molar-refractivity contribution in [3.8, 4) is 0 Å². The lowest BCUT2D eigenvalue weighted by molar-refractivity contribution is 0.0259. The van der Waals surface area contributed by atoms with Crippen molar-refractivity contribution < 1.29 is 0 Å². The van der Waals surface area contributed by atoms with E-state index in [1.54, 1.807) is 11.1 Å². The van der Waals surface area contributed by atoms with Crippen LogP contribution in [-0.2, 0) is 18.4 Å². The molecule has 0 aromatic heterocycles. The minimum absolute atomic E-state index is 0. The molecule has 0 amide bonds. The molecule has 1 fully saturated rings. The van der Waals surface area contributed by atoms with Crippen LogP contribution in [0.1, 0.15) is 37.0 Å². The molecule has 1 aliphatic heterocycles. The molecule has 0 saturated carbocycles. The van der Waals surface area contributed by atoms with E-state index in [1.807, 2.05) is 0 Å². The van der Waals surface area contributed by atoms with Gasteiger partial charge in [0.1, 0.15) is 0 Å². The number of nitrogens with zero attached hydrogens (tertiary/aromatic N) is 1. The first-order valence-electron chi connectivity index (χ1n) is 8.55. The van der Waals surface area contributed by atoms with Crippen LogP contribution in [0, 0.1) is 5.92 Å². The molecule has 2 heteroatoms. The summed E-state index contributed by atoms with van der Waals surface area (Å²) in [7, 11) is 0. The van der Waals surface area contributed by atoms with E-state index in [9.17, 15) is 0 Å². The van der Waals surface area contributed by atoms with Gasteiger partial charge in [-0.1, -0.05) is 68.4 Å². The summed E-state index contributed by atoms with van der Waals surface area (Å²) in [4.78, 5) is 2.72. The smallest absolute Gasteiger partial charge is 0.0236 e. The molecule has 0 N–H and O–H groups in total. The number of benzene rings is 2. The molecule has 1 aliphatic carbocycles. The Kier molecular flexibility index (Phi) is 4.53. The van der Waals surface area contributed by atoms with Crippen molar-refractivity contribution in [2.24, 2.45) is 5.92 Å². The predicted octanol–water partition coefficient (Wildman–Crippen LogP) is 4.83. The molecule has 3 atom stereocenters. The first-order valence-corrected chi connectivity index (χ1v) is 8.55. The summed E-state index contributed by atoms with van der Waals surface area (Å²) < 4.78 is 0. The van der Waals surface area contributed by atoms with Crippen LogP contribution in [-0.4, -0.2) is 17.5 Å². The van der Waals surface area contributed by atoms with Crippen molar-refractivity contribution in [2.45, 2.75) is 44.7 Å². The summed E-state index contributed by atoms with van der Waals surface area (Å²) in [6.45, 7) is 7.27. The van der Waals surface area contributed by atoms with Crippen LogP contribution < -0.4 is 0 Å². The predicted molar refractivity (Wildman–Crippen MR) is 99.2 cm³/mol. The molecule has 2 aromatic rings. The van der Waals surface area contributed by atoms with Gasteiger partial charge in [-0.3, -0.25) is 4.90 Å². The molecule has 1 unspecified atom stereocenters. The third kappa shape index (κ3) is 2.70. The molecule has 2 bridgehead atoms. The third-order valence-electron chi connectivity index (χ3n) is 6.26. The average Bonchev–Trinajstić information content (AvgIpc) is 2.55. The van der Waals surface area contributed by atoms with E-state index in [2.05, 4.69) is 73.3 Å². The quantitative estimate of drug-likeness (QED) is 0.763. The highest BCUT2D eigenvalue weighted by Gasteiger charge is 2.47. The molecule has 1 saturated heterocycles. The zero-order valence-electron chi connectivity index (χ0n) is 14.0. The molecular formula is C21H26ClN. The SMILES string of the molecule is CC1[C@@H]2Cc3ccccc3[C@@]1(C)CCN2Cc1ccccc1.Cl. The maximum atomic E-state index is 2.72. The van der Waals surface area contributed by atoms with Crippen molar-refractivity contribution >= 4 is 12.4 Å². The number of fused-ring (bicyclic) bond motifs is 4. The Hall–Kier alpha value is -1.31. The average molecular weight is 328 g/mol. The lowest BCUT2D eigenvalue weighted by atomic mass is 9.59. The van der Waals surface area contributed by atoms with Gasteiger partial charge in [0.05, 0.1) is 0 Å². The Morgan fingerprint density at radius 2 is 1.74 bits per heavy atom. The molecule has 122 valence electrons. The summed E-state index contributed by atoms with van der Waals surface area (Å²) in [6.07, 6.45) is 2.48. The van der Waals surface area contributed by atoms with Crippen LogP contribution in [0.15, 0.2) is 54.6 Å². The van der Waals surface area contributed by atoms with E-state index in [-0.39, 0.29) is 12.4 Å². The van der Waals surface area contributed by atoms with E-state index >= 15 is 0 Å². The summed E-state index contributed by atoms with van der Waals surface area (Å²) in [6, 6.07) is 20.7. The highest BCUT2D eigenvalue weighted by molar-refractivity contribution is 5.85. The minimum Gasteiger partial charge on any atom is -0.295 e. The number of piperidine rings is 1. The van der Waals surface area contributed by atoms with Gasteiger partial charge in [-0.2, -0.15) is 0 Å². The van der Waals surface area contributed by atoms with Gasteiger partial charge in [0, 0.05) is 12.6 Å². The number of rotatable bonds is 2. The maximum Gasteiger partial charge on any atom is 0.0236 e. The largest absolute Gasteiger partial charge is 0.295 e. The third-order valence-corrected chi connectivity index (χ3v) is 6.26. The Bertz CT molecular complexity index is 669. The van der Waals surface area contributed by atoms with Crippen molar-refractivity contribution in [3.63, 3.8) is 0 Å². The highest BCUT2D eigenvalue weighted by Crippen LogP contribution is 2.48. The number of hydrogen-bond donors (Lipinski definition) is 0. The summed E-state index contributed by atoms with van der Waals surface area (Å²) in [5, 5.41) is 0. The Balaban J connectivity index is 0.00000156. The zero-order valence-corrected chi connectivity index (χ0v) is 14.9. The van der Waals surface area contributed by atoms with E-state index in [1.165, 1.54) is 24.9 Å². The number of likely N-dealkylation sites (tertiary alicyclic amines) is 1. The van der Waals surface area contributed by atoms with Crippen LogP contribution in [0.25, 0.3) is 0 Å². The Labute approximate surface area is 146 Å². The summed E-state index contributed by atoms with van der Waals surface area (Å²) in [5.74, 6) is 0.722. The molecule has 1 heterocycles. The van der Waals surface area contributed by atoms with Crippen molar-refractivity contribution in [1.82, 2.24) is 4.90 Å². The van der Waals surface area contributed by atoms with Crippen LogP contribution in [0.2, 0.25) is 0 Å². The van der Waals surface area contributed by atoms with E-state index in [4.69, 9.17) is 0 Å². The fourth-order valence-corrected chi connectivity index (χ4v) is 4.69. The Morgan fingerprint density at radius 1 is 1.04 bits per heavy atom. The first-order chi connectivity index (χ1) is 10.7. The van der Waals surface area contributed by atoms with Crippen molar-refractivity contribution in [2.75, 3.05) is 6.54 Å². The number of halogens is 1. The van der Waals surface area contributed by atoms with Gasteiger partial charge < -0.3 is 0 Å². The fraction of sp³-hybridized carbons (Fsp3) is 0.429. The molecule has 0 spiro atoms. The second-order valence-corrected chi connectivity index (χ2v) is 7.34. The molecule has 23 heavy (non-hydrogen) atoms. The standard InChI is InChI=1S/C21H25N.ClH/c1-16-20-14-18-10-6-7-11-19(18)21(16,2)12-13-22(20)15-17-8-4-3-5-9-17;/h3-11,16,20H,12-15H2,1-2H3;1H/t16?,20-,21-;/m0./s1. The first kappa shape index (κ1) is 16.5. The zero-order chi connectivity index (χ0) is 15.2. The summed E-state index contributed by atoms with van der Waals surface area (Å²) in [5.41, 5.74) is 4.98. The van der Waals surface area contributed by atoms with E-state index in [0.717, 1.165) is 12.5 Å². The van der Waals surface area contributed by atoms with Gasteiger partial charge in [-0.25, -0.2) is 0 Å². The second-order valence-electron chi connectivity index (χ2n) is 7.34. The lowest BCUT2D eigenvalue weighted by Crippen LogP contribution is -2.57. The van der Waals surface area contributed by atoms with Gasteiger partial charge in [0.15, 0.2) is 0 Å². The summed E-state index contributed by atoms with van der Waals surface area (Å²) >= 11 is 0. The van der Waals surface area contributed by atoms with E-state index in [0.29, 0.717) is 11.5 Å². The van der Waals surface area contributed by atoms with Gasteiger partial charge in [0.2, 0.25) is 0 Å². The van der Waals surface area contributed by atoms with Gasteiger partial charge >= 0.3 is 0 Å². The molecule has 0 radical (unpaired) electrons. The van der Waals surface area contributed by atoms with Crippen LogP contribution in [0.3, 0.4) is 0 Å². The topological polar surface area (TPSA) is 3.24 Å². The Morgan fingerprint density at radius 3 is 2.52 bits per heavy atom. The van der Waals surface area contributed by atoms with Crippen molar-refractivity contribution in [1.29, 1.82) is 0 Å². The van der Waals surface area contributed by atoms with Crippen LogP contribution in [0.5, 0.6) is 0 Å². The normalized spacial score (nSPS) is 29.5. The molecule has 1 nitrogen and oxygen atoms in total. The molecular weight excluding hydrogens is 302 g/mol. The number of hydrogen-bond acceptors (Lipinski definition) is 1. The maximum absolute atomic E-state index is 2.72. The van der Waals surface area contributed by atoms with Gasteiger partial charge in [-0.05, 0) is 47.4 Å². The van der Waals surface area contributed by atoms with Crippen LogP contribution in [0.4, 0.5) is 0 Å². The molecule has 2 aliphatic rings. The molecule has 2 aromatic carbocycles. The van der Waals surface area contributed by atoms with Gasteiger partial charge in [-0.15, -0.1) is 12.4 Å². The lowest BCUT2D eigenvalue weighted by Gasteiger charge is -2.54. The van der Waals surface area contributed by atoms with Crippen molar-refractivity contribution in [3.05, 3.63) is 71.3 Å². The van der Waals surface area contributed by atoms with Gasteiger partial charge in [0.25, 0.3) is 0 Å². The van der Waals surface area contributed by atoms with E-state index < -0.39 is 0 Å². The van der Waals surface area contributed by atoms with Crippen LogP contribution >= 0.6 is 12.4 Å². The monoisotopic (exact) mass is 327 g/mol. The highest BCUT2D eigenvalue weighted by atomic mass is 35.5.